The predicted molar refractivity (Wildman–Crippen MR) is 52.7 cm³/mol. The van der Waals surface area contributed by atoms with Crippen LogP contribution < -0.4 is 0 Å². The van der Waals surface area contributed by atoms with Crippen LogP contribution >= 0.6 is 0 Å². The molecule has 0 saturated carbocycles. The fourth-order valence-corrected chi connectivity index (χ4v) is 1.51. The number of carbonyl (C=O) groups is 1. The average molecular weight is 213 g/mol. The number of methoxy groups -OCH3 is 1. The highest BCUT2D eigenvalue weighted by molar-refractivity contribution is 5.74. The molecule has 0 aliphatic carbocycles. The molecule has 1 heterocycles. The molecule has 15 heavy (non-hydrogen) atoms. The van der Waals surface area contributed by atoms with Gasteiger partial charge in [0.1, 0.15) is 5.76 Å². The maximum Gasteiger partial charge on any atom is 0.333 e. The molecule has 1 unspecified atom stereocenters. The van der Waals surface area contributed by atoms with E-state index in [9.17, 15) is 4.79 Å². The maximum absolute atomic E-state index is 11.0. The van der Waals surface area contributed by atoms with Crippen molar-refractivity contribution in [1.82, 2.24) is 5.16 Å². The topological polar surface area (TPSA) is 72.6 Å². The zero-order valence-electron chi connectivity index (χ0n) is 9.27. The van der Waals surface area contributed by atoms with E-state index in [1.807, 2.05) is 0 Å². The normalized spacial score (nSPS) is 13.9. The van der Waals surface area contributed by atoms with E-state index < -0.39 is 17.5 Å². The van der Waals surface area contributed by atoms with Gasteiger partial charge in [0.2, 0.25) is 0 Å². The van der Waals surface area contributed by atoms with Crippen molar-refractivity contribution in [2.75, 3.05) is 7.11 Å². The Morgan fingerprint density at radius 2 is 2.27 bits per heavy atom. The molecule has 5 nitrogen and oxygen atoms in total. The highest BCUT2D eigenvalue weighted by atomic mass is 16.5. The molecule has 0 saturated heterocycles. The Bertz CT molecular complexity index is 356. The Hall–Kier alpha value is -1.36. The number of carboxylic acids is 1. The Morgan fingerprint density at radius 1 is 1.67 bits per heavy atom. The van der Waals surface area contributed by atoms with Gasteiger partial charge >= 0.3 is 5.97 Å². The first-order chi connectivity index (χ1) is 6.89. The highest BCUT2D eigenvalue weighted by Gasteiger charge is 2.39. The second-order valence-corrected chi connectivity index (χ2v) is 4.00. The van der Waals surface area contributed by atoms with Crippen molar-refractivity contribution < 1.29 is 19.2 Å². The van der Waals surface area contributed by atoms with Crippen LogP contribution in [-0.2, 0) is 14.9 Å². The van der Waals surface area contributed by atoms with Crippen molar-refractivity contribution in [2.45, 2.75) is 32.3 Å². The second kappa shape index (κ2) is 4.02. The average Bonchev–Trinajstić information content (AvgIpc) is 2.52. The summed E-state index contributed by atoms with van der Waals surface area (Å²) in [5.41, 5.74) is -0.146. The van der Waals surface area contributed by atoms with Gasteiger partial charge in [-0.05, 0) is 6.92 Å². The lowest BCUT2D eigenvalue weighted by Gasteiger charge is -2.27. The largest absolute Gasteiger partial charge is 0.479 e. The summed E-state index contributed by atoms with van der Waals surface area (Å²) in [6.07, 6.45) is -0.943. The molecular weight excluding hydrogens is 198 g/mol. The lowest BCUT2D eigenvalue weighted by atomic mass is 9.83. The molecular formula is C10H15NO4. The lowest BCUT2D eigenvalue weighted by molar-refractivity contribution is -0.152. The Balaban J connectivity index is 3.04. The number of ether oxygens (including phenoxy) is 1. The van der Waals surface area contributed by atoms with Gasteiger partial charge in [-0.2, -0.15) is 0 Å². The lowest BCUT2D eigenvalue weighted by Crippen LogP contribution is -2.41. The predicted octanol–water partition coefficient (Wildman–Crippen LogP) is 1.36. The van der Waals surface area contributed by atoms with Gasteiger partial charge < -0.3 is 14.4 Å². The minimum atomic E-state index is -1.01. The van der Waals surface area contributed by atoms with Gasteiger partial charge in [-0.1, -0.05) is 19.0 Å². The first kappa shape index (κ1) is 11.7. The van der Waals surface area contributed by atoms with Crippen molar-refractivity contribution in [2.24, 2.45) is 0 Å². The van der Waals surface area contributed by atoms with Crippen LogP contribution in [-0.4, -0.2) is 29.4 Å². The SMILES string of the molecule is COC(C(=O)O)C(C)(C)c1cc(C)on1. The van der Waals surface area contributed by atoms with Crippen LogP contribution in [0, 0.1) is 6.92 Å². The van der Waals surface area contributed by atoms with Gasteiger partial charge in [0.15, 0.2) is 6.10 Å². The van der Waals surface area contributed by atoms with Crippen molar-refractivity contribution in [3.63, 3.8) is 0 Å². The van der Waals surface area contributed by atoms with E-state index in [0.29, 0.717) is 11.5 Å². The molecule has 0 spiro atoms. The first-order valence-corrected chi connectivity index (χ1v) is 4.59. The van der Waals surface area contributed by atoms with Gasteiger partial charge in [0.05, 0.1) is 5.69 Å². The molecule has 0 amide bonds. The third-order valence-electron chi connectivity index (χ3n) is 2.40. The number of nitrogens with zero attached hydrogens (tertiary/aromatic N) is 1. The Kier molecular flexibility index (Phi) is 3.14. The van der Waals surface area contributed by atoms with E-state index in [1.54, 1.807) is 26.8 Å². The summed E-state index contributed by atoms with van der Waals surface area (Å²) in [5.74, 6) is -0.360. The molecule has 1 aromatic rings. The van der Waals surface area contributed by atoms with Crippen LogP contribution in [0.4, 0.5) is 0 Å². The number of hydrogen-bond acceptors (Lipinski definition) is 4. The zero-order valence-corrected chi connectivity index (χ0v) is 9.27. The van der Waals surface area contributed by atoms with Crippen LogP contribution in [0.1, 0.15) is 25.3 Å². The van der Waals surface area contributed by atoms with Gasteiger partial charge in [-0.25, -0.2) is 4.79 Å². The molecule has 1 atom stereocenters. The molecule has 1 N–H and O–H groups in total. The molecule has 0 aliphatic heterocycles. The van der Waals surface area contributed by atoms with E-state index in [2.05, 4.69) is 5.16 Å². The quantitative estimate of drug-likeness (QED) is 0.817. The molecule has 84 valence electrons. The molecule has 0 radical (unpaired) electrons. The smallest absolute Gasteiger partial charge is 0.333 e. The van der Waals surface area contributed by atoms with Crippen molar-refractivity contribution in [1.29, 1.82) is 0 Å². The van der Waals surface area contributed by atoms with Crippen molar-refractivity contribution >= 4 is 5.97 Å². The molecule has 0 aromatic carbocycles. The number of aromatic nitrogens is 1. The molecule has 0 bridgehead atoms. The molecule has 5 heteroatoms. The van der Waals surface area contributed by atoms with E-state index in [-0.39, 0.29) is 0 Å². The minimum Gasteiger partial charge on any atom is -0.479 e. The standard InChI is InChI=1S/C10H15NO4/c1-6-5-7(11-15-6)10(2,3)8(14-4)9(12)13/h5,8H,1-4H3,(H,12,13). The van der Waals surface area contributed by atoms with E-state index in [0.717, 1.165) is 0 Å². The summed E-state index contributed by atoms with van der Waals surface area (Å²) in [5, 5.41) is 12.8. The van der Waals surface area contributed by atoms with Crippen molar-refractivity contribution in [3.05, 3.63) is 17.5 Å². The monoisotopic (exact) mass is 213 g/mol. The third-order valence-corrected chi connectivity index (χ3v) is 2.40. The molecule has 1 rings (SSSR count). The Morgan fingerprint density at radius 3 is 2.60 bits per heavy atom. The summed E-state index contributed by atoms with van der Waals surface area (Å²) in [6.45, 7) is 5.27. The fraction of sp³-hybridized carbons (Fsp3) is 0.600. The van der Waals surface area contributed by atoms with Crippen LogP contribution in [0.5, 0.6) is 0 Å². The van der Waals surface area contributed by atoms with E-state index >= 15 is 0 Å². The van der Waals surface area contributed by atoms with E-state index in [4.69, 9.17) is 14.4 Å². The van der Waals surface area contributed by atoms with E-state index in [1.165, 1.54) is 7.11 Å². The first-order valence-electron chi connectivity index (χ1n) is 4.59. The summed E-state index contributed by atoms with van der Waals surface area (Å²) >= 11 is 0. The maximum atomic E-state index is 11.0. The van der Waals surface area contributed by atoms with Crippen LogP contribution in [0.3, 0.4) is 0 Å². The zero-order chi connectivity index (χ0) is 11.6. The van der Waals surface area contributed by atoms with Crippen LogP contribution in [0.2, 0.25) is 0 Å². The minimum absolute atomic E-state index is 0.578. The summed E-state index contributed by atoms with van der Waals surface area (Å²) < 4.78 is 9.89. The van der Waals surface area contributed by atoms with Gasteiger partial charge in [-0.15, -0.1) is 0 Å². The van der Waals surface area contributed by atoms with Crippen LogP contribution in [0.25, 0.3) is 0 Å². The fourth-order valence-electron chi connectivity index (χ4n) is 1.51. The molecule has 0 aliphatic rings. The number of aliphatic carboxylic acids is 1. The van der Waals surface area contributed by atoms with Gasteiger partial charge in [-0.3, -0.25) is 0 Å². The number of rotatable bonds is 4. The van der Waals surface area contributed by atoms with Crippen LogP contribution in [0.15, 0.2) is 10.6 Å². The number of aryl methyl sites for hydroxylation is 1. The number of hydrogen-bond donors (Lipinski definition) is 1. The van der Waals surface area contributed by atoms with Gasteiger partial charge in [0, 0.05) is 18.6 Å². The summed E-state index contributed by atoms with van der Waals surface area (Å²) in [4.78, 5) is 11.0. The summed E-state index contributed by atoms with van der Waals surface area (Å²) in [7, 11) is 1.37. The van der Waals surface area contributed by atoms with Gasteiger partial charge in [0.25, 0.3) is 0 Å². The highest BCUT2D eigenvalue weighted by Crippen LogP contribution is 2.28. The summed E-state index contributed by atoms with van der Waals surface area (Å²) in [6, 6.07) is 1.72. The molecule has 1 aromatic heterocycles. The number of carboxylic acid groups (broad SMARTS) is 1. The third kappa shape index (κ3) is 2.18. The van der Waals surface area contributed by atoms with Crippen molar-refractivity contribution in [3.8, 4) is 0 Å². The molecule has 0 fully saturated rings. The second-order valence-electron chi connectivity index (χ2n) is 4.00. The Labute approximate surface area is 88.0 Å².